The highest BCUT2D eigenvalue weighted by atomic mass is 32.1. The van der Waals surface area contributed by atoms with Crippen LogP contribution in [0.2, 0.25) is 0 Å². The first-order valence-electron chi connectivity index (χ1n) is 7.22. The number of hydrogen-bond acceptors (Lipinski definition) is 8. The Labute approximate surface area is 146 Å². The van der Waals surface area contributed by atoms with E-state index in [0.717, 1.165) is 10.4 Å². The number of nitrogens with zero attached hydrogens (tertiary/aromatic N) is 2. The van der Waals surface area contributed by atoms with Crippen LogP contribution < -0.4 is 0 Å². The molecule has 0 N–H and O–H groups in total. The zero-order valence-corrected chi connectivity index (χ0v) is 14.5. The lowest BCUT2D eigenvalue weighted by Crippen LogP contribution is -2.07. The standard InChI is InChI=1S/C16H14N2O4S2/c1-10-2-4-13(24-10)12(19)3-5-15(20)21-8-14-17-16(18-22-14)11-6-7-23-9-11/h2,4,6-7,9H,3,5,8H2,1H3. The van der Waals surface area contributed by atoms with Crippen LogP contribution in [0.5, 0.6) is 0 Å². The third kappa shape index (κ3) is 4.15. The Hall–Kier alpha value is -2.32. The fourth-order valence-electron chi connectivity index (χ4n) is 1.96. The maximum Gasteiger partial charge on any atom is 0.306 e. The number of rotatable bonds is 7. The van der Waals surface area contributed by atoms with Crippen LogP contribution >= 0.6 is 22.7 Å². The summed E-state index contributed by atoms with van der Waals surface area (Å²) in [6.45, 7) is 1.84. The molecule has 0 aromatic carbocycles. The number of ether oxygens (including phenoxy) is 1. The molecular formula is C16H14N2O4S2. The predicted molar refractivity (Wildman–Crippen MR) is 90.0 cm³/mol. The molecule has 0 unspecified atom stereocenters. The van der Waals surface area contributed by atoms with E-state index in [1.54, 1.807) is 6.07 Å². The van der Waals surface area contributed by atoms with Crippen LogP contribution in [0.15, 0.2) is 33.5 Å². The van der Waals surface area contributed by atoms with E-state index in [1.165, 1.54) is 22.7 Å². The second-order valence-corrected chi connectivity index (χ2v) is 7.09. The Morgan fingerprint density at radius 3 is 2.83 bits per heavy atom. The molecule has 3 aromatic rings. The first-order valence-corrected chi connectivity index (χ1v) is 8.98. The fraction of sp³-hybridized carbons (Fsp3) is 0.250. The van der Waals surface area contributed by atoms with Gasteiger partial charge in [0.05, 0.1) is 11.3 Å². The van der Waals surface area contributed by atoms with Gasteiger partial charge in [0.25, 0.3) is 5.89 Å². The molecule has 0 aliphatic heterocycles. The number of aromatic nitrogens is 2. The molecule has 0 fully saturated rings. The minimum atomic E-state index is -0.466. The maximum absolute atomic E-state index is 11.9. The van der Waals surface area contributed by atoms with Crippen LogP contribution in [-0.4, -0.2) is 21.9 Å². The van der Waals surface area contributed by atoms with Crippen LogP contribution in [0.4, 0.5) is 0 Å². The molecular weight excluding hydrogens is 348 g/mol. The molecule has 3 heterocycles. The van der Waals surface area contributed by atoms with Crippen LogP contribution in [0.1, 0.15) is 33.3 Å². The number of Topliss-reactive ketones (excluding diaryl/α,β-unsaturated/α-hetero) is 1. The van der Waals surface area contributed by atoms with Crippen molar-refractivity contribution < 1.29 is 18.8 Å². The lowest BCUT2D eigenvalue weighted by Gasteiger charge is -2.00. The average Bonchev–Trinajstić information content (AvgIpc) is 3.30. The first kappa shape index (κ1) is 16.5. The van der Waals surface area contributed by atoms with Gasteiger partial charge in [0.1, 0.15) is 0 Å². The number of ketones is 1. The summed E-state index contributed by atoms with van der Waals surface area (Å²) in [6.07, 6.45) is 0.157. The minimum absolute atomic E-state index is 0.0291. The largest absolute Gasteiger partial charge is 0.456 e. The van der Waals surface area contributed by atoms with E-state index in [1.807, 2.05) is 29.8 Å². The molecule has 0 amide bonds. The molecule has 3 aromatic heterocycles. The molecule has 24 heavy (non-hydrogen) atoms. The average molecular weight is 362 g/mol. The van der Waals surface area contributed by atoms with E-state index in [4.69, 9.17) is 9.26 Å². The zero-order chi connectivity index (χ0) is 16.9. The van der Waals surface area contributed by atoms with Gasteiger partial charge in [0.15, 0.2) is 12.4 Å². The summed E-state index contributed by atoms with van der Waals surface area (Å²) >= 11 is 2.96. The Bertz CT molecular complexity index is 836. The number of carbonyl (C=O) groups excluding carboxylic acids is 2. The zero-order valence-electron chi connectivity index (χ0n) is 12.9. The van der Waals surface area contributed by atoms with Crippen molar-refractivity contribution in [2.45, 2.75) is 26.4 Å². The molecule has 124 valence electrons. The van der Waals surface area contributed by atoms with Gasteiger partial charge in [-0.1, -0.05) is 5.16 Å². The van der Waals surface area contributed by atoms with Gasteiger partial charge in [-0.2, -0.15) is 16.3 Å². The highest BCUT2D eigenvalue weighted by Crippen LogP contribution is 2.19. The van der Waals surface area contributed by atoms with E-state index in [2.05, 4.69) is 10.1 Å². The van der Waals surface area contributed by atoms with Crippen molar-refractivity contribution in [2.24, 2.45) is 0 Å². The Morgan fingerprint density at radius 1 is 1.25 bits per heavy atom. The van der Waals surface area contributed by atoms with E-state index in [-0.39, 0.29) is 31.1 Å². The van der Waals surface area contributed by atoms with Crippen LogP contribution in [0.25, 0.3) is 11.4 Å². The van der Waals surface area contributed by atoms with Gasteiger partial charge in [0, 0.05) is 22.2 Å². The lowest BCUT2D eigenvalue weighted by molar-refractivity contribution is -0.145. The summed E-state index contributed by atoms with van der Waals surface area (Å²) in [7, 11) is 0. The van der Waals surface area contributed by atoms with Gasteiger partial charge in [-0.3, -0.25) is 9.59 Å². The molecule has 0 saturated carbocycles. The number of esters is 1. The van der Waals surface area contributed by atoms with Crippen molar-refractivity contribution >= 4 is 34.4 Å². The van der Waals surface area contributed by atoms with Crippen LogP contribution in [-0.2, 0) is 16.1 Å². The molecule has 3 rings (SSSR count). The quantitative estimate of drug-likeness (QED) is 0.469. The molecule has 8 heteroatoms. The summed E-state index contributed by atoms with van der Waals surface area (Å²) in [5, 5.41) is 7.64. The SMILES string of the molecule is Cc1ccc(C(=O)CCC(=O)OCc2nc(-c3ccsc3)no2)s1. The monoisotopic (exact) mass is 362 g/mol. The Morgan fingerprint density at radius 2 is 2.12 bits per heavy atom. The van der Waals surface area contributed by atoms with E-state index >= 15 is 0 Å². The highest BCUT2D eigenvalue weighted by Gasteiger charge is 2.14. The second-order valence-electron chi connectivity index (χ2n) is 5.02. The molecule has 0 saturated heterocycles. The summed E-state index contributed by atoms with van der Waals surface area (Å²) < 4.78 is 10.1. The highest BCUT2D eigenvalue weighted by molar-refractivity contribution is 7.14. The van der Waals surface area contributed by atoms with Gasteiger partial charge in [0.2, 0.25) is 5.82 Å². The van der Waals surface area contributed by atoms with E-state index in [9.17, 15) is 9.59 Å². The van der Waals surface area contributed by atoms with Gasteiger partial charge in [-0.25, -0.2) is 0 Å². The predicted octanol–water partition coefficient (Wildman–Crippen LogP) is 3.87. The van der Waals surface area contributed by atoms with E-state index in [0.29, 0.717) is 10.7 Å². The number of thiophene rings is 2. The fourth-order valence-corrected chi connectivity index (χ4v) is 3.43. The van der Waals surface area contributed by atoms with Crippen molar-refractivity contribution in [2.75, 3.05) is 0 Å². The van der Waals surface area contributed by atoms with Gasteiger partial charge >= 0.3 is 5.97 Å². The maximum atomic E-state index is 11.9. The van der Waals surface area contributed by atoms with Crippen molar-refractivity contribution in [3.05, 3.63) is 44.6 Å². The Kier molecular flexibility index (Phi) is 5.17. The number of carbonyl (C=O) groups is 2. The molecule has 0 bridgehead atoms. The number of aryl methyl sites for hydroxylation is 1. The molecule has 0 spiro atoms. The summed E-state index contributed by atoms with van der Waals surface area (Å²) in [4.78, 5) is 29.6. The van der Waals surface area contributed by atoms with Gasteiger partial charge in [-0.05, 0) is 30.5 Å². The lowest BCUT2D eigenvalue weighted by atomic mass is 10.2. The topological polar surface area (TPSA) is 82.3 Å². The smallest absolute Gasteiger partial charge is 0.306 e. The minimum Gasteiger partial charge on any atom is -0.456 e. The summed E-state index contributed by atoms with van der Waals surface area (Å²) in [5.74, 6) is 0.171. The van der Waals surface area contributed by atoms with Gasteiger partial charge < -0.3 is 9.26 Å². The third-order valence-electron chi connectivity index (χ3n) is 3.18. The molecule has 0 aliphatic carbocycles. The van der Waals surface area contributed by atoms with Crippen molar-refractivity contribution in [3.8, 4) is 11.4 Å². The van der Waals surface area contributed by atoms with Crippen LogP contribution in [0.3, 0.4) is 0 Å². The van der Waals surface area contributed by atoms with Crippen LogP contribution in [0, 0.1) is 6.92 Å². The van der Waals surface area contributed by atoms with Crippen molar-refractivity contribution in [1.29, 1.82) is 0 Å². The molecule has 0 atom stereocenters. The van der Waals surface area contributed by atoms with E-state index < -0.39 is 5.97 Å². The molecule has 6 nitrogen and oxygen atoms in total. The van der Waals surface area contributed by atoms with Gasteiger partial charge in [-0.15, -0.1) is 11.3 Å². The third-order valence-corrected chi connectivity index (χ3v) is 4.90. The molecule has 0 radical (unpaired) electrons. The van der Waals surface area contributed by atoms with Crippen molar-refractivity contribution in [1.82, 2.24) is 10.1 Å². The molecule has 0 aliphatic rings. The second kappa shape index (κ2) is 7.50. The van der Waals surface area contributed by atoms with Crippen molar-refractivity contribution in [3.63, 3.8) is 0 Å². The normalized spacial score (nSPS) is 10.7. The first-order chi connectivity index (χ1) is 11.6. The summed E-state index contributed by atoms with van der Waals surface area (Å²) in [5.41, 5.74) is 0.859. The summed E-state index contributed by atoms with van der Waals surface area (Å²) in [6, 6.07) is 5.54. The number of hydrogen-bond donors (Lipinski definition) is 0. The Balaban J connectivity index is 1.45.